The number of hydrogen-bond acceptors (Lipinski definition) is 5. The fraction of sp³-hybridized carbons (Fsp3) is 0.185. The molecule has 3 aromatic carbocycles. The van der Waals surface area contributed by atoms with Gasteiger partial charge in [-0.05, 0) is 61.9 Å². The predicted molar refractivity (Wildman–Crippen MR) is 130 cm³/mol. The van der Waals surface area contributed by atoms with E-state index in [0.717, 1.165) is 18.2 Å². The van der Waals surface area contributed by atoms with Gasteiger partial charge in [-0.2, -0.15) is 23.7 Å². The van der Waals surface area contributed by atoms with Crippen molar-refractivity contribution in [3.8, 4) is 12.1 Å². The number of nitrogens with zero attached hydrogens (tertiary/aromatic N) is 4. The Balaban J connectivity index is 1.68. The van der Waals surface area contributed by atoms with Crippen LogP contribution in [0, 0.1) is 28.5 Å². The lowest BCUT2D eigenvalue weighted by Crippen LogP contribution is -2.43. The third kappa shape index (κ3) is 4.62. The van der Waals surface area contributed by atoms with Gasteiger partial charge in [0.1, 0.15) is 11.4 Å². The standard InChI is InChI=1S/C27H19F4N5O2/c1-26(2)24(37)36(19-9-8-17(14-33)20(12-19)27(29,30)31)25(38)35(26)15-18-5-3-4-6-22(18)34-23-10-7-16(13-32)11-21(23)28/h3-12,34H,15H2,1-2H3. The molecular weight excluding hydrogens is 502 g/mol. The molecular formula is C27H19F4N5O2. The van der Waals surface area contributed by atoms with E-state index in [1.807, 2.05) is 6.07 Å². The summed E-state index contributed by atoms with van der Waals surface area (Å²) < 4.78 is 55.0. The lowest BCUT2D eigenvalue weighted by atomic mass is 10.0. The van der Waals surface area contributed by atoms with Crippen molar-refractivity contribution in [2.24, 2.45) is 0 Å². The minimum Gasteiger partial charge on any atom is -0.353 e. The van der Waals surface area contributed by atoms with E-state index in [9.17, 15) is 27.2 Å². The van der Waals surface area contributed by atoms with Gasteiger partial charge in [-0.15, -0.1) is 0 Å². The lowest BCUT2D eigenvalue weighted by Gasteiger charge is -2.28. The lowest BCUT2D eigenvalue weighted by molar-refractivity contribution is -0.137. The molecule has 1 aliphatic rings. The normalized spacial score (nSPS) is 14.8. The molecule has 3 amide bonds. The van der Waals surface area contributed by atoms with Crippen molar-refractivity contribution in [2.45, 2.75) is 32.1 Å². The van der Waals surface area contributed by atoms with E-state index in [0.29, 0.717) is 22.2 Å². The number of carbonyl (C=O) groups excluding carboxylic acids is 2. The van der Waals surface area contributed by atoms with E-state index in [1.54, 1.807) is 24.3 Å². The van der Waals surface area contributed by atoms with Gasteiger partial charge >= 0.3 is 12.2 Å². The Kier molecular flexibility index (Phi) is 6.56. The minimum absolute atomic E-state index is 0.0819. The molecule has 1 N–H and O–H groups in total. The van der Waals surface area contributed by atoms with Crippen LogP contribution in [0.25, 0.3) is 0 Å². The number of benzene rings is 3. The number of rotatable bonds is 5. The van der Waals surface area contributed by atoms with Gasteiger partial charge in [0.05, 0.1) is 46.7 Å². The summed E-state index contributed by atoms with van der Waals surface area (Å²) in [5.74, 6) is -1.41. The molecule has 38 heavy (non-hydrogen) atoms. The summed E-state index contributed by atoms with van der Waals surface area (Å²) in [5.41, 5.74) is -2.49. The van der Waals surface area contributed by atoms with E-state index in [1.165, 1.54) is 36.9 Å². The molecule has 192 valence electrons. The highest BCUT2D eigenvalue weighted by Crippen LogP contribution is 2.39. The molecule has 0 aromatic heterocycles. The SMILES string of the molecule is CC1(C)C(=O)N(c2ccc(C#N)c(C(F)(F)F)c2)C(=O)N1Cc1ccccc1Nc1ccc(C#N)cc1F. The average Bonchev–Trinajstić information content (AvgIpc) is 3.04. The van der Waals surface area contributed by atoms with Crippen molar-refractivity contribution in [3.63, 3.8) is 0 Å². The first-order valence-electron chi connectivity index (χ1n) is 11.2. The number of nitriles is 2. The topological polar surface area (TPSA) is 100 Å². The third-order valence-corrected chi connectivity index (χ3v) is 6.22. The monoisotopic (exact) mass is 521 g/mol. The zero-order valence-corrected chi connectivity index (χ0v) is 20.1. The highest BCUT2D eigenvalue weighted by atomic mass is 19.4. The molecule has 0 radical (unpaired) electrons. The number of amides is 3. The molecule has 0 bridgehead atoms. The Morgan fingerprint density at radius 3 is 2.29 bits per heavy atom. The van der Waals surface area contributed by atoms with Crippen LogP contribution in [0.3, 0.4) is 0 Å². The predicted octanol–water partition coefficient (Wildman–Crippen LogP) is 6.08. The maximum absolute atomic E-state index is 14.5. The number of alkyl halides is 3. The second-order valence-corrected chi connectivity index (χ2v) is 9.00. The van der Waals surface area contributed by atoms with Gasteiger partial charge in [0.15, 0.2) is 0 Å². The zero-order valence-electron chi connectivity index (χ0n) is 20.1. The van der Waals surface area contributed by atoms with Gasteiger partial charge < -0.3 is 10.2 Å². The van der Waals surface area contributed by atoms with Gasteiger partial charge in [0.25, 0.3) is 5.91 Å². The third-order valence-electron chi connectivity index (χ3n) is 6.22. The Labute approximate surface area is 215 Å². The Hall–Kier alpha value is -4.90. The summed E-state index contributed by atoms with van der Waals surface area (Å²) in [6.07, 6.45) is -4.87. The van der Waals surface area contributed by atoms with Crippen molar-refractivity contribution >= 4 is 29.0 Å². The summed E-state index contributed by atoms with van der Waals surface area (Å²) in [6.45, 7) is 2.81. The molecule has 1 heterocycles. The molecule has 7 nitrogen and oxygen atoms in total. The van der Waals surface area contributed by atoms with Crippen molar-refractivity contribution in [2.75, 3.05) is 10.2 Å². The average molecular weight is 521 g/mol. The van der Waals surface area contributed by atoms with Gasteiger partial charge in [-0.1, -0.05) is 18.2 Å². The summed E-state index contributed by atoms with van der Waals surface area (Å²) in [4.78, 5) is 28.5. The van der Waals surface area contributed by atoms with Crippen molar-refractivity contribution in [1.29, 1.82) is 10.5 Å². The summed E-state index contributed by atoms with van der Waals surface area (Å²) in [5, 5.41) is 20.9. The van der Waals surface area contributed by atoms with Gasteiger partial charge in [0.2, 0.25) is 0 Å². The van der Waals surface area contributed by atoms with E-state index >= 15 is 0 Å². The van der Waals surface area contributed by atoms with E-state index in [-0.39, 0.29) is 23.5 Å². The fourth-order valence-electron chi connectivity index (χ4n) is 4.11. The summed E-state index contributed by atoms with van der Waals surface area (Å²) >= 11 is 0. The van der Waals surface area contributed by atoms with Crippen LogP contribution in [0.1, 0.15) is 36.1 Å². The first kappa shape index (κ1) is 26.2. The summed E-state index contributed by atoms with van der Waals surface area (Å²) in [7, 11) is 0. The Morgan fingerprint density at radius 1 is 0.947 bits per heavy atom. The van der Waals surface area contributed by atoms with Crippen LogP contribution in [0.5, 0.6) is 0 Å². The second kappa shape index (κ2) is 9.52. The number of halogens is 4. The molecule has 3 aromatic rings. The Bertz CT molecular complexity index is 1540. The van der Waals surface area contributed by atoms with Crippen LogP contribution < -0.4 is 10.2 Å². The Morgan fingerprint density at radius 2 is 1.66 bits per heavy atom. The molecule has 0 atom stereocenters. The van der Waals surface area contributed by atoms with Crippen molar-refractivity contribution in [1.82, 2.24) is 4.90 Å². The largest absolute Gasteiger partial charge is 0.417 e. The van der Waals surface area contributed by atoms with Gasteiger partial charge in [-0.25, -0.2) is 14.1 Å². The van der Waals surface area contributed by atoms with E-state index in [2.05, 4.69) is 5.32 Å². The molecule has 11 heteroatoms. The van der Waals surface area contributed by atoms with Crippen LogP contribution in [-0.2, 0) is 17.5 Å². The maximum Gasteiger partial charge on any atom is 0.417 e. The molecule has 1 saturated heterocycles. The fourth-order valence-corrected chi connectivity index (χ4v) is 4.11. The quantitative estimate of drug-likeness (QED) is 0.324. The second-order valence-electron chi connectivity index (χ2n) is 9.00. The van der Waals surface area contributed by atoms with E-state index in [4.69, 9.17) is 10.5 Å². The summed E-state index contributed by atoms with van der Waals surface area (Å²) in [6, 6.07) is 15.7. The number of urea groups is 1. The van der Waals surface area contributed by atoms with Crippen LogP contribution in [0.4, 0.5) is 39.4 Å². The highest BCUT2D eigenvalue weighted by Gasteiger charge is 2.52. The zero-order chi connectivity index (χ0) is 27.8. The molecule has 0 saturated carbocycles. The van der Waals surface area contributed by atoms with Crippen LogP contribution in [-0.4, -0.2) is 22.4 Å². The minimum atomic E-state index is -4.87. The van der Waals surface area contributed by atoms with Gasteiger partial charge in [0, 0.05) is 5.69 Å². The number of hydrogen-bond donors (Lipinski definition) is 1. The van der Waals surface area contributed by atoms with Crippen LogP contribution >= 0.6 is 0 Å². The molecule has 0 spiro atoms. The first-order valence-corrected chi connectivity index (χ1v) is 11.2. The van der Waals surface area contributed by atoms with Crippen molar-refractivity contribution in [3.05, 3.63) is 88.7 Å². The number of anilines is 3. The number of nitrogens with one attached hydrogen (secondary N) is 1. The molecule has 0 aliphatic carbocycles. The molecule has 1 aliphatic heterocycles. The molecule has 1 fully saturated rings. The first-order chi connectivity index (χ1) is 17.9. The molecule has 0 unspecified atom stereocenters. The number of imide groups is 1. The molecule has 4 rings (SSSR count). The van der Waals surface area contributed by atoms with Crippen LogP contribution in [0.2, 0.25) is 0 Å². The highest BCUT2D eigenvalue weighted by molar-refractivity contribution is 6.23. The van der Waals surface area contributed by atoms with E-state index < -0.39 is 40.6 Å². The number of para-hydroxylation sites is 1. The number of carbonyl (C=O) groups is 2. The van der Waals surface area contributed by atoms with Gasteiger partial charge in [-0.3, -0.25) is 4.79 Å². The van der Waals surface area contributed by atoms with Crippen LogP contribution in [0.15, 0.2) is 60.7 Å². The maximum atomic E-state index is 14.5. The van der Waals surface area contributed by atoms with Crippen molar-refractivity contribution < 1.29 is 27.2 Å². The smallest absolute Gasteiger partial charge is 0.353 e.